The van der Waals surface area contributed by atoms with Crippen LogP contribution in [-0.4, -0.2) is 23.3 Å². The van der Waals surface area contributed by atoms with Crippen molar-refractivity contribution >= 4 is 5.97 Å². The van der Waals surface area contributed by atoms with Gasteiger partial charge in [0.2, 0.25) is 0 Å². The first kappa shape index (κ1) is 7.28. The minimum Gasteiger partial charge on any atom is -0.459 e. The summed E-state index contributed by atoms with van der Waals surface area (Å²) in [6, 6.07) is 0. The maximum absolute atomic E-state index is 10.8. The molecule has 0 saturated carbocycles. The molecular formula is C7H10O3. The quantitative estimate of drug-likeness (QED) is 0.421. The summed E-state index contributed by atoms with van der Waals surface area (Å²) < 4.78 is 4.61. The molecule has 0 saturated heterocycles. The standard InChI is InChI=1S/C7H10O3/c1-2-7(9)4-3-5-10-6(7)8/h3-4,9H,2,5H2,1H3. The molecule has 0 radical (unpaired) electrons. The van der Waals surface area contributed by atoms with Crippen molar-refractivity contribution in [2.24, 2.45) is 0 Å². The van der Waals surface area contributed by atoms with Crippen molar-refractivity contribution in [3.63, 3.8) is 0 Å². The molecule has 1 aliphatic rings. The van der Waals surface area contributed by atoms with E-state index in [1.165, 1.54) is 6.08 Å². The van der Waals surface area contributed by atoms with Gasteiger partial charge in [0.15, 0.2) is 5.60 Å². The molecule has 0 amide bonds. The average molecular weight is 142 g/mol. The molecule has 0 bridgehead atoms. The maximum Gasteiger partial charge on any atom is 0.342 e. The molecular weight excluding hydrogens is 132 g/mol. The van der Waals surface area contributed by atoms with Crippen LogP contribution in [-0.2, 0) is 9.53 Å². The molecule has 0 aromatic heterocycles. The second kappa shape index (κ2) is 2.42. The third kappa shape index (κ3) is 1.04. The Morgan fingerprint density at radius 1 is 1.90 bits per heavy atom. The molecule has 3 nitrogen and oxygen atoms in total. The van der Waals surface area contributed by atoms with Crippen LogP contribution in [0.4, 0.5) is 0 Å². The first-order chi connectivity index (χ1) is 4.69. The minimum atomic E-state index is -1.36. The van der Waals surface area contributed by atoms with Gasteiger partial charge in [0, 0.05) is 0 Å². The van der Waals surface area contributed by atoms with Crippen LogP contribution in [0.5, 0.6) is 0 Å². The molecule has 0 fully saturated rings. The fraction of sp³-hybridized carbons (Fsp3) is 0.571. The van der Waals surface area contributed by atoms with Crippen LogP contribution in [0.2, 0.25) is 0 Å². The van der Waals surface area contributed by atoms with Crippen molar-refractivity contribution in [1.29, 1.82) is 0 Å². The summed E-state index contributed by atoms with van der Waals surface area (Å²) in [7, 11) is 0. The minimum absolute atomic E-state index is 0.279. The number of hydrogen-bond donors (Lipinski definition) is 1. The molecule has 1 N–H and O–H groups in total. The summed E-state index contributed by atoms with van der Waals surface area (Å²) in [5.74, 6) is -0.544. The lowest BCUT2D eigenvalue weighted by molar-refractivity contribution is -0.161. The number of aliphatic hydroxyl groups is 1. The monoisotopic (exact) mass is 142 g/mol. The highest BCUT2D eigenvalue weighted by molar-refractivity contribution is 5.82. The lowest BCUT2D eigenvalue weighted by Crippen LogP contribution is -2.39. The number of carbonyl (C=O) groups excluding carboxylic acids is 1. The molecule has 56 valence electrons. The Kier molecular flexibility index (Phi) is 1.76. The van der Waals surface area contributed by atoms with E-state index in [1.54, 1.807) is 13.0 Å². The Hall–Kier alpha value is -0.830. The van der Waals surface area contributed by atoms with E-state index in [9.17, 15) is 9.90 Å². The molecule has 0 aromatic carbocycles. The number of ether oxygens (including phenoxy) is 1. The third-order valence-electron chi connectivity index (χ3n) is 1.60. The van der Waals surface area contributed by atoms with Gasteiger partial charge >= 0.3 is 5.97 Å². The second-order valence-electron chi connectivity index (χ2n) is 2.28. The fourth-order valence-corrected chi connectivity index (χ4v) is 0.822. The van der Waals surface area contributed by atoms with E-state index in [4.69, 9.17) is 0 Å². The molecule has 0 spiro atoms. The number of esters is 1. The van der Waals surface area contributed by atoms with Gasteiger partial charge in [-0.2, -0.15) is 0 Å². The Balaban J connectivity index is 2.81. The summed E-state index contributed by atoms with van der Waals surface area (Å²) in [6.07, 6.45) is 3.49. The zero-order valence-corrected chi connectivity index (χ0v) is 5.83. The van der Waals surface area contributed by atoms with Crippen molar-refractivity contribution in [3.05, 3.63) is 12.2 Å². The van der Waals surface area contributed by atoms with Gasteiger partial charge in [0.1, 0.15) is 6.61 Å². The van der Waals surface area contributed by atoms with Crippen LogP contribution < -0.4 is 0 Å². The number of carbonyl (C=O) groups is 1. The van der Waals surface area contributed by atoms with Gasteiger partial charge in [-0.05, 0) is 18.6 Å². The number of rotatable bonds is 1. The summed E-state index contributed by atoms with van der Waals surface area (Å²) in [4.78, 5) is 10.8. The molecule has 1 heterocycles. The van der Waals surface area contributed by atoms with Crippen LogP contribution in [0.1, 0.15) is 13.3 Å². The third-order valence-corrected chi connectivity index (χ3v) is 1.60. The van der Waals surface area contributed by atoms with Gasteiger partial charge in [-0.3, -0.25) is 0 Å². The average Bonchev–Trinajstić information content (AvgIpc) is 1.96. The van der Waals surface area contributed by atoms with Crippen LogP contribution in [0.25, 0.3) is 0 Å². The Labute approximate surface area is 59.3 Å². The van der Waals surface area contributed by atoms with E-state index in [-0.39, 0.29) is 6.61 Å². The zero-order chi connectivity index (χ0) is 7.61. The van der Waals surface area contributed by atoms with Crippen LogP contribution >= 0.6 is 0 Å². The lowest BCUT2D eigenvalue weighted by atomic mass is 9.99. The van der Waals surface area contributed by atoms with Crippen molar-refractivity contribution < 1.29 is 14.6 Å². The Bertz CT molecular complexity index is 174. The van der Waals surface area contributed by atoms with E-state index < -0.39 is 11.6 Å². The summed E-state index contributed by atoms with van der Waals surface area (Å²) >= 11 is 0. The van der Waals surface area contributed by atoms with E-state index >= 15 is 0 Å². The topological polar surface area (TPSA) is 46.5 Å². The molecule has 1 unspecified atom stereocenters. The highest BCUT2D eigenvalue weighted by atomic mass is 16.5. The number of cyclic esters (lactones) is 1. The Morgan fingerprint density at radius 3 is 3.00 bits per heavy atom. The molecule has 0 aromatic rings. The highest BCUT2D eigenvalue weighted by Crippen LogP contribution is 2.17. The van der Waals surface area contributed by atoms with Crippen molar-refractivity contribution in [2.45, 2.75) is 18.9 Å². The van der Waals surface area contributed by atoms with Crippen LogP contribution in [0.3, 0.4) is 0 Å². The summed E-state index contributed by atoms with van der Waals surface area (Å²) in [5, 5.41) is 9.39. The van der Waals surface area contributed by atoms with Gasteiger partial charge in [0.05, 0.1) is 0 Å². The van der Waals surface area contributed by atoms with Crippen molar-refractivity contribution in [3.8, 4) is 0 Å². The first-order valence-corrected chi connectivity index (χ1v) is 3.26. The van der Waals surface area contributed by atoms with Gasteiger partial charge < -0.3 is 9.84 Å². The van der Waals surface area contributed by atoms with Crippen molar-refractivity contribution in [1.82, 2.24) is 0 Å². The molecule has 1 atom stereocenters. The van der Waals surface area contributed by atoms with Crippen LogP contribution in [0.15, 0.2) is 12.2 Å². The van der Waals surface area contributed by atoms with Gasteiger partial charge in [-0.15, -0.1) is 0 Å². The first-order valence-electron chi connectivity index (χ1n) is 3.26. The molecule has 3 heteroatoms. The van der Waals surface area contributed by atoms with Crippen LogP contribution in [0, 0.1) is 0 Å². The van der Waals surface area contributed by atoms with Gasteiger partial charge in [-0.1, -0.05) is 6.92 Å². The maximum atomic E-state index is 10.8. The van der Waals surface area contributed by atoms with E-state index in [0.717, 1.165) is 0 Å². The fourth-order valence-electron chi connectivity index (χ4n) is 0.822. The largest absolute Gasteiger partial charge is 0.459 e. The van der Waals surface area contributed by atoms with Gasteiger partial charge in [0.25, 0.3) is 0 Å². The molecule has 1 rings (SSSR count). The molecule has 10 heavy (non-hydrogen) atoms. The van der Waals surface area contributed by atoms with Crippen molar-refractivity contribution in [2.75, 3.05) is 6.61 Å². The normalized spacial score (nSPS) is 32.0. The smallest absolute Gasteiger partial charge is 0.342 e. The summed E-state index contributed by atoms with van der Waals surface area (Å²) in [5.41, 5.74) is -1.36. The van der Waals surface area contributed by atoms with E-state index in [1.807, 2.05) is 0 Å². The van der Waals surface area contributed by atoms with E-state index in [0.29, 0.717) is 6.42 Å². The second-order valence-corrected chi connectivity index (χ2v) is 2.28. The lowest BCUT2D eigenvalue weighted by Gasteiger charge is -2.23. The predicted octanol–water partition coefficient (Wildman–Crippen LogP) is 0.240. The SMILES string of the molecule is CCC1(O)C=CCOC1=O. The molecule has 1 aliphatic heterocycles. The predicted molar refractivity (Wildman–Crippen MR) is 35.3 cm³/mol. The Morgan fingerprint density at radius 2 is 2.60 bits per heavy atom. The van der Waals surface area contributed by atoms with Gasteiger partial charge in [-0.25, -0.2) is 4.79 Å². The van der Waals surface area contributed by atoms with E-state index in [2.05, 4.69) is 4.74 Å². The highest BCUT2D eigenvalue weighted by Gasteiger charge is 2.34. The number of hydrogen-bond acceptors (Lipinski definition) is 3. The molecule has 0 aliphatic carbocycles. The zero-order valence-electron chi connectivity index (χ0n) is 5.83. The summed E-state index contributed by atoms with van der Waals surface area (Å²) in [6.45, 7) is 2.01.